The van der Waals surface area contributed by atoms with Gasteiger partial charge in [0.05, 0.1) is 12.3 Å². The van der Waals surface area contributed by atoms with Crippen molar-refractivity contribution in [3.63, 3.8) is 0 Å². The fraction of sp³-hybridized carbons (Fsp3) is 0.444. The molecule has 122 valence electrons. The minimum Gasteiger partial charge on any atom is -0.383 e. The van der Waals surface area contributed by atoms with E-state index in [1.54, 1.807) is 13.4 Å². The van der Waals surface area contributed by atoms with Gasteiger partial charge in [-0.25, -0.2) is 9.97 Å². The molecule has 0 aliphatic heterocycles. The van der Waals surface area contributed by atoms with E-state index < -0.39 is 0 Å². The minimum absolute atomic E-state index is 0.0914. The summed E-state index contributed by atoms with van der Waals surface area (Å²) >= 11 is 0. The summed E-state index contributed by atoms with van der Waals surface area (Å²) in [5.41, 5.74) is 11.8. The molecule has 5 heteroatoms. The number of nitrogens with two attached hydrogens (primary N) is 1. The fourth-order valence-corrected chi connectivity index (χ4v) is 3.49. The molecule has 1 aromatic heterocycles. The molecule has 0 fully saturated rings. The zero-order valence-corrected chi connectivity index (χ0v) is 14.3. The molecule has 0 bridgehead atoms. The van der Waals surface area contributed by atoms with Crippen LogP contribution < -0.4 is 10.6 Å². The topological polar surface area (TPSA) is 64.3 Å². The Morgan fingerprint density at radius 2 is 2.09 bits per heavy atom. The molecule has 0 saturated carbocycles. The van der Waals surface area contributed by atoms with Crippen LogP contribution in [0.2, 0.25) is 0 Å². The number of likely N-dealkylation sites (N-methyl/N-ethyl adjacent to an activating group) is 1. The predicted molar refractivity (Wildman–Crippen MR) is 93.8 cm³/mol. The molecule has 1 heterocycles. The van der Waals surface area contributed by atoms with E-state index in [1.807, 2.05) is 0 Å². The van der Waals surface area contributed by atoms with Crippen LogP contribution in [0.1, 0.15) is 25.0 Å². The Kier molecular flexibility index (Phi) is 3.98. The highest BCUT2D eigenvalue weighted by Gasteiger charge is 2.35. The molecule has 2 N–H and O–H groups in total. The maximum absolute atomic E-state index is 6.16. The van der Waals surface area contributed by atoms with Crippen LogP contribution in [-0.4, -0.2) is 37.3 Å². The van der Waals surface area contributed by atoms with Crippen LogP contribution in [0.25, 0.3) is 11.3 Å². The molecule has 1 aliphatic rings. The summed E-state index contributed by atoms with van der Waals surface area (Å²) in [6, 6.07) is 6.38. The quantitative estimate of drug-likeness (QED) is 0.940. The first kappa shape index (κ1) is 15.7. The Balaban J connectivity index is 2.15. The Labute approximate surface area is 137 Å². The van der Waals surface area contributed by atoms with Crippen LogP contribution in [0.3, 0.4) is 0 Å². The molecule has 1 aromatic carbocycles. The second-order valence-corrected chi connectivity index (χ2v) is 6.76. The third-order valence-electron chi connectivity index (χ3n) is 4.62. The number of methoxy groups -OCH3 is 1. The first-order valence-electron chi connectivity index (χ1n) is 7.89. The van der Waals surface area contributed by atoms with E-state index in [4.69, 9.17) is 10.5 Å². The first-order chi connectivity index (χ1) is 11.0. The molecule has 0 atom stereocenters. The number of anilines is 2. The summed E-state index contributed by atoms with van der Waals surface area (Å²) in [6.07, 6.45) is 2.47. The largest absolute Gasteiger partial charge is 0.383 e. The van der Waals surface area contributed by atoms with E-state index in [1.165, 1.54) is 11.3 Å². The zero-order valence-electron chi connectivity index (χ0n) is 14.3. The summed E-state index contributed by atoms with van der Waals surface area (Å²) in [6.45, 7) is 5.97. The number of fused-ring (bicyclic) bond motifs is 3. The summed E-state index contributed by atoms with van der Waals surface area (Å²) in [5.74, 6) is 0.587. The lowest BCUT2D eigenvalue weighted by molar-refractivity contribution is 0.206. The number of benzene rings is 1. The van der Waals surface area contributed by atoms with Crippen LogP contribution in [0, 0.1) is 0 Å². The molecule has 3 rings (SSSR count). The van der Waals surface area contributed by atoms with Gasteiger partial charge < -0.3 is 15.4 Å². The molecule has 0 spiro atoms. The predicted octanol–water partition coefficient (Wildman–Crippen LogP) is 2.64. The molecular weight excluding hydrogens is 288 g/mol. The lowest BCUT2D eigenvalue weighted by Crippen LogP contribution is -2.31. The highest BCUT2D eigenvalue weighted by atomic mass is 16.5. The highest BCUT2D eigenvalue weighted by Crippen LogP contribution is 2.46. The highest BCUT2D eigenvalue weighted by molar-refractivity contribution is 5.80. The second-order valence-electron chi connectivity index (χ2n) is 6.76. The van der Waals surface area contributed by atoms with Crippen LogP contribution in [-0.2, 0) is 16.6 Å². The number of nitrogens with zero attached hydrogens (tertiary/aromatic N) is 3. The second kappa shape index (κ2) is 5.81. The standard InChI is InChI=1S/C18H24N4O/c1-18(2)10-13-12(16-15(18)17(19)21-11-20-16)6-5-7-14(13)22(3)8-9-23-4/h5-7,11H,8-10H2,1-4H3,(H2,19,20,21). The van der Waals surface area contributed by atoms with E-state index in [-0.39, 0.29) is 5.41 Å². The lowest BCUT2D eigenvalue weighted by Gasteiger charge is -2.36. The number of ether oxygens (including phenoxy) is 1. The van der Waals surface area contributed by atoms with Crippen molar-refractivity contribution in [1.29, 1.82) is 0 Å². The van der Waals surface area contributed by atoms with Crippen molar-refractivity contribution in [3.05, 3.63) is 35.7 Å². The third-order valence-corrected chi connectivity index (χ3v) is 4.62. The van der Waals surface area contributed by atoms with Gasteiger partial charge in [0.2, 0.25) is 0 Å². The number of hydrogen-bond acceptors (Lipinski definition) is 5. The number of nitrogen functional groups attached to an aromatic ring is 1. The number of hydrogen-bond donors (Lipinski definition) is 1. The van der Waals surface area contributed by atoms with E-state index in [2.05, 4.69) is 54.0 Å². The smallest absolute Gasteiger partial charge is 0.131 e. The summed E-state index contributed by atoms with van der Waals surface area (Å²) in [4.78, 5) is 11.0. The molecule has 5 nitrogen and oxygen atoms in total. The minimum atomic E-state index is -0.0914. The van der Waals surface area contributed by atoms with Gasteiger partial charge in [-0.3, -0.25) is 0 Å². The lowest BCUT2D eigenvalue weighted by atomic mass is 9.71. The van der Waals surface area contributed by atoms with Crippen molar-refractivity contribution in [1.82, 2.24) is 9.97 Å². The van der Waals surface area contributed by atoms with E-state index in [9.17, 15) is 0 Å². The molecule has 0 saturated heterocycles. The number of aromatic nitrogens is 2. The molecule has 0 radical (unpaired) electrons. The maximum atomic E-state index is 6.16. The van der Waals surface area contributed by atoms with Gasteiger partial charge in [-0.1, -0.05) is 26.0 Å². The average Bonchev–Trinajstić information content (AvgIpc) is 2.51. The van der Waals surface area contributed by atoms with Crippen molar-refractivity contribution in [2.24, 2.45) is 0 Å². The van der Waals surface area contributed by atoms with E-state index >= 15 is 0 Å². The first-order valence-corrected chi connectivity index (χ1v) is 7.89. The van der Waals surface area contributed by atoms with Crippen molar-refractivity contribution in [2.75, 3.05) is 37.9 Å². The van der Waals surface area contributed by atoms with Crippen molar-refractivity contribution < 1.29 is 4.74 Å². The summed E-state index contributed by atoms with van der Waals surface area (Å²) in [7, 11) is 3.83. The number of rotatable bonds is 4. The molecule has 2 aromatic rings. The monoisotopic (exact) mass is 312 g/mol. The van der Waals surface area contributed by atoms with Crippen molar-refractivity contribution in [2.45, 2.75) is 25.7 Å². The van der Waals surface area contributed by atoms with Gasteiger partial charge in [-0.05, 0) is 23.5 Å². The molecular formula is C18H24N4O. The Morgan fingerprint density at radius 3 is 2.83 bits per heavy atom. The SMILES string of the molecule is COCCN(C)c1cccc2c1CC(C)(C)c1c(N)ncnc1-2. The normalized spacial score (nSPS) is 15.0. The Bertz CT molecular complexity index is 727. The van der Waals surface area contributed by atoms with Gasteiger partial charge in [0.15, 0.2) is 0 Å². The Morgan fingerprint density at radius 1 is 1.30 bits per heavy atom. The molecule has 0 amide bonds. The zero-order chi connectivity index (χ0) is 16.6. The molecule has 23 heavy (non-hydrogen) atoms. The fourth-order valence-electron chi connectivity index (χ4n) is 3.49. The van der Waals surface area contributed by atoms with Crippen LogP contribution in [0.15, 0.2) is 24.5 Å². The summed E-state index contributed by atoms with van der Waals surface area (Å²) in [5, 5.41) is 0. The third kappa shape index (κ3) is 2.65. The average molecular weight is 312 g/mol. The summed E-state index contributed by atoms with van der Waals surface area (Å²) < 4.78 is 5.21. The van der Waals surface area contributed by atoms with Crippen LogP contribution in [0.5, 0.6) is 0 Å². The van der Waals surface area contributed by atoms with Gasteiger partial charge in [0.25, 0.3) is 0 Å². The van der Waals surface area contributed by atoms with Crippen LogP contribution >= 0.6 is 0 Å². The van der Waals surface area contributed by atoms with Crippen molar-refractivity contribution >= 4 is 11.5 Å². The van der Waals surface area contributed by atoms with Gasteiger partial charge >= 0.3 is 0 Å². The van der Waals surface area contributed by atoms with Gasteiger partial charge in [0, 0.05) is 37.5 Å². The van der Waals surface area contributed by atoms with Gasteiger partial charge in [-0.15, -0.1) is 0 Å². The molecule has 1 aliphatic carbocycles. The van der Waals surface area contributed by atoms with Gasteiger partial charge in [0.1, 0.15) is 12.1 Å². The Hall–Kier alpha value is -2.14. The van der Waals surface area contributed by atoms with E-state index in [0.717, 1.165) is 29.8 Å². The van der Waals surface area contributed by atoms with E-state index in [0.29, 0.717) is 12.4 Å². The van der Waals surface area contributed by atoms with Crippen LogP contribution in [0.4, 0.5) is 11.5 Å². The van der Waals surface area contributed by atoms with Gasteiger partial charge in [-0.2, -0.15) is 0 Å². The maximum Gasteiger partial charge on any atom is 0.131 e. The molecule has 0 unspecified atom stereocenters. The van der Waals surface area contributed by atoms with Crippen molar-refractivity contribution in [3.8, 4) is 11.3 Å².